The molecule has 0 spiro atoms. The van der Waals surface area contributed by atoms with E-state index in [1.54, 1.807) is 6.26 Å². The summed E-state index contributed by atoms with van der Waals surface area (Å²) in [4.78, 5) is 0. The Balaban J connectivity index is 2.03. The fraction of sp³-hybridized carbons (Fsp3) is 0.273. The molecule has 1 atom stereocenters. The van der Waals surface area contributed by atoms with Crippen LogP contribution in [0.4, 0.5) is 0 Å². The standard InChI is InChI=1S/C11H9Br2NO2/c12-7-5-9(16-11(7)13)10-6-2-4-15-8(6)1-3-14-10/h2,4-5,10,14H,1,3H2. The van der Waals surface area contributed by atoms with E-state index in [0.717, 1.165) is 33.6 Å². The second-order valence-corrected chi connectivity index (χ2v) is 5.28. The average molecular weight is 347 g/mol. The van der Waals surface area contributed by atoms with E-state index in [9.17, 15) is 0 Å². The smallest absolute Gasteiger partial charge is 0.183 e. The molecule has 3 heterocycles. The van der Waals surface area contributed by atoms with E-state index in [4.69, 9.17) is 8.83 Å². The molecule has 1 N–H and O–H groups in total. The molecule has 1 aliphatic rings. The average Bonchev–Trinajstić information content (AvgIpc) is 2.85. The number of halogens is 2. The van der Waals surface area contributed by atoms with Crippen LogP contribution in [0.15, 0.2) is 36.4 Å². The van der Waals surface area contributed by atoms with Gasteiger partial charge in [0.1, 0.15) is 11.5 Å². The summed E-state index contributed by atoms with van der Waals surface area (Å²) in [5.41, 5.74) is 1.17. The van der Waals surface area contributed by atoms with Gasteiger partial charge in [0.2, 0.25) is 0 Å². The molecule has 5 heteroatoms. The van der Waals surface area contributed by atoms with Gasteiger partial charge < -0.3 is 14.2 Å². The minimum atomic E-state index is 0.0881. The largest absolute Gasteiger partial charge is 0.469 e. The maximum Gasteiger partial charge on any atom is 0.183 e. The van der Waals surface area contributed by atoms with Gasteiger partial charge in [-0.1, -0.05) is 0 Å². The first-order valence-electron chi connectivity index (χ1n) is 5.00. The molecule has 16 heavy (non-hydrogen) atoms. The van der Waals surface area contributed by atoms with Gasteiger partial charge in [-0.3, -0.25) is 0 Å². The van der Waals surface area contributed by atoms with Gasteiger partial charge in [0.25, 0.3) is 0 Å². The molecule has 0 aliphatic carbocycles. The number of rotatable bonds is 1. The third kappa shape index (κ3) is 1.67. The van der Waals surface area contributed by atoms with E-state index in [2.05, 4.69) is 37.2 Å². The van der Waals surface area contributed by atoms with Crippen molar-refractivity contribution >= 4 is 31.9 Å². The number of nitrogens with one attached hydrogen (secondary N) is 1. The number of fused-ring (bicyclic) bond motifs is 1. The molecule has 1 aliphatic heterocycles. The zero-order chi connectivity index (χ0) is 11.1. The van der Waals surface area contributed by atoms with Crippen LogP contribution in [0.2, 0.25) is 0 Å². The molecule has 3 nitrogen and oxygen atoms in total. The van der Waals surface area contributed by atoms with Crippen LogP contribution in [-0.2, 0) is 6.42 Å². The Hall–Kier alpha value is -0.520. The predicted molar refractivity (Wildman–Crippen MR) is 66.4 cm³/mol. The van der Waals surface area contributed by atoms with E-state index in [1.807, 2.05) is 12.1 Å². The third-order valence-electron chi connectivity index (χ3n) is 2.74. The highest BCUT2D eigenvalue weighted by Crippen LogP contribution is 2.35. The monoisotopic (exact) mass is 345 g/mol. The first-order chi connectivity index (χ1) is 7.75. The second kappa shape index (κ2) is 4.05. The lowest BCUT2D eigenvalue weighted by atomic mass is 10.00. The van der Waals surface area contributed by atoms with E-state index in [0.29, 0.717) is 0 Å². The van der Waals surface area contributed by atoms with Crippen LogP contribution in [0.3, 0.4) is 0 Å². The molecule has 0 bridgehead atoms. The van der Waals surface area contributed by atoms with Gasteiger partial charge in [-0.05, 0) is 44.0 Å². The fourth-order valence-corrected chi connectivity index (χ4v) is 2.62. The quantitative estimate of drug-likeness (QED) is 0.856. The third-order valence-corrected chi connectivity index (χ3v) is 4.45. The maximum absolute atomic E-state index is 5.65. The van der Waals surface area contributed by atoms with Gasteiger partial charge in [-0.2, -0.15) is 0 Å². The number of hydrogen-bond donors (Lipinski definition) is 1. The SMILES string of the molecule is Brc1cc(C2NCCc3occc32)oc1Br. The van der Waals surface area contributed by atoms with Crippen molar-refractivity contribution in [3.8, 4) is 0 Å². The normalized spacial score (nSPS) is 19.8. The zero-order valence-electron chi connectivity index (χ0n) is 8.30. The molecular weight excluding hydrogens is 338 g/mol. The summed E-state index contributed by atoms with van der Waals surface area (Å²) in [7, 11) is 0. The molecule has 0 saturated heterocycles. The van der Waals surface area contributed by atoms with Crippen LogP contribution < -0.4 is 5.32 Å². The summed E-state index contributed by atoms with van der Waals surface area (Å²) < 4.78 is 12.7. The second-order valence-electron chi connectivity index (χ2n) is 3.71. The molecule has 0 saturated carbocycles. The zero-order valence-corrected chi connectivity index (χ0v) is 11.5. The van der Waals surface area contributed by atoms with Gasteiger partial charge in [-0.25, -0.2) is 0 Å². The summed E-state index contributed by atoms with van der Waals surface area (Å²) in [6.07, 6.45) is 2.67. The highest BCUT2D eigenvalue weighted by Gasteiger charge is 2.26. The molecular formula is C11H9Br2NO2. The predicted octanol–water partition coefficient (Wildman–Crippen LogP) is 3.63. The minimum absolute atomic E-state index is 0.0881. The van der Waals surface area contributed by atoms with Crippen LogP contribution in [-0.4, -0.2) is 6.54 Å². The Morgan fingerprint density at radius 1 is 1.38 bits per heavy atom. The van der Waals surface area contributed by atoms with Crippen LogP contribution >= 0.6 is 31.9 Å². The van der Waals surface area contributed by atoms with E-state index in [1.165, 1.54) is 5.56 Å². The van der Waals surface area contributed by atoms with Crippen molar-refractivity contribution in [2.24, 2.45) is 0 Å². The van der Waals surface area contributed by atoms with Crippen molar-refractivity contribution in [2.45, 2.75) is 12.5 Å². The molecule has 2 aromatic heterocycles. The van der Waals surface area contributed by atoms with Gasteiger partial charge in [0.05, 0.1) is 16.8 Å². The first-order valence-corrected chi connectivity index (χ1v) is 6.58. The van der Waals surface area contributed by atoms with E-state index in [-0.39, 0.29) is 6.04 Å². The lowest BCUT2D eigenvalue weighted by molar-refractivity contribution is 0.400. The topological polar surface area (TPSA) is 38.3 Å². The van der Waals surface area contributed by atoms with Crippen molar-refractivity contribution in [1.82, 2.24) is 5.32 Å². The Kier molecular flexibility index (Phi) is 2.69. The summed E-state index contributed by atoms with van der Waals surface area (Å²) in [5.74, 6) is 1.94. The molecule has 3 rings (SSSR count). The maximum atomic E-state index is 5.65. The Bertz CT molecular complexity index is 498. The number of hydrogen-bond acceptors (Lipinski definition) is 3. The first kappa shape index (κ1) is 10.6. The molecule has 0 amide bonds. The van der Waals surface area contributed by atoms with Gasteiger partial charge >= 0.3 is 0 Å². The van der Waals surface area contributed by atoms with Crippen molar-refractivity contribution in [2.75, 3.05) is 6.54 Å². The molecule has 0 aromatic carbocycles. The molecule has 2 aromatic rings. The van der Waals surface area contributed by atoms with Crippen molar-refractivity contribution in [3.63, 3.8) is 0 Å². The lowest BCUT2D eigenvalue weighted by Crippen LogP contribution is -2.29. The van der Waals surface area contributed by atoms with Crippen LogP contribution in [0.1, 0.15) is 23.1 Å². The number of furan rings is 2. The molecule has 0 radical (unpaired) electrons. The Morgan fingerprint density at radius 2 is 2.25 bits per heavy atom. The van der Waals surface area contributed by atoms with E-state index < -0.39 is 0 Å². The lowest BCUT2D eigenvalue weighted by Gasteiger charge is -2.21. The van der Waals surface area contributed by atoms with Gasteiger partial charge in [-0.15, -0.1) is 0 Å². The molecule has 0 fully saturated rings. The van der Waals surface area contributed by atoms with Gasteiger partial charge in [0, 0.05) is 18.5 Å². The van der Waals surface area contributed by atoms with Crippen molar-refractivity contribution in [3.05, 3.63) is 44.6 Å². The van der Waals surface area contributed by atoms with Crippen LogP contribution in [0.5, 0.6) is 0 Å². The van der Waals surface area contributed by atoms with E-state index >= 15 is 0 Å². The van der Waals surface area contributed by atoms with Crippen molar-refractivity contribution in [1.29, 1.82) is 0 Å². The Labute approximate surface area is 109 Å². The fourth-order valence-electron chi connectivity index (χ4n) is 2.01. The van der Waals surface area contributed by atoms with Crippen LogP contribution in [0.25, 0.3) is 0 Å². The van der Waals surface area contributed by atoms with Crippen molar-refractivity contribution < 1.29 is 8.83 Å². The summed E-state index contributed by atoms with van der Waals surface area (Å²) in [5, 5.41) is 3.42. The van der Waals surface area contributed by atoms with Crippen LogP contribution in [0, 0.1) is 0 Å². The highest BCUT2D eigenvalue weighted by molar-refractivity contribution is 9.13. The molecule has 1 unspecified atom stereocenters. The molecule has 84 valence electrons. The summed E-state index contributed by atoms with van der Waals surface area (Å²) in [6, 6.07) is 4.06. The summed E-state index contributed by atoms with van der Waals surface area (Å²) >= 11 is 6.77. The summed E-state index contributed by atoms with van der Waals surface area (Å²) in [6.45, 7) is 0.904. The highest BCUT2D eigenvalue weighted by atomic mass is 79.9. The Morgan fingerprint density at radius 3 is 3.00 bits per heavy atom. The minimum Gasteiger partial charge on any atom is -0.469 e. The van der Waals surface area contributed by atoms with Gasteiger partial charge in [0.15, 0.2) is 4.67 Å².